The van der Waals surface area contributed by atoms with Crippen LogP contribution in [0.2, 0.25) is 0 Å². The summed E-state index contributed by atoms with van der Waals surface area (Å²) in [6.07, 6.45) is 11.5. The van der Waals surface area contributed by atoms with Gasteiger partial charge in [0, 0.05) is 13.0 Å². The molecule has 1 rings (SSSR count). The van der Waals surface area contributed by atoms with Crippen molar-refractivity contribution < 1.29 is 0 Å². The lowest BCUT2D eigenvalue weighted by Crippen LogP contribution is -2.10. The highest BCUT2D eigenvalue weighted by Crippen LogP contribution is 2.12. The minimum absolute atomic E-state index is 0.630. The van der Waals surface area contributed by atoms with Crippen molar-refractivity contribution in [2.24, 2.45) is 15.7 Å². The van der Waals surface area contributed by atoms with E-state index in [1.807, 2.05) is 6.92 Å². The molecule has 0 aromatic carbocycles. The summed E-state index contributed by atoms with van der Waals surface area (Å²) in [6.45, 7) is 2.75. The maximum absolute atomic E-state index is 5.61. The second-order valence-corrected chi connectivity index (χ2v) is 4.63. The highest BCUT2D eigenvalue weighted by Gasteiger charge is 2.00. The lowest BCUT2D eigenvalue weighted by molar-refractivity contribution is 0.569. The first-order valence-corrected chi connectivity index (χ1v) is 6.63. The molecule has 3 heteroatoms. The maximum Gasteiger partial charge on any atom is 0.125 e. The average molecular weight is 223 g/mol. The molecule has 16 heavy (non-hydrogen) atoms. The fourth-order valence-corrected chi connectivity index (χ4v) is 2.04. The minimum atomic E-state index is 0.630. The van der Waals surface area contributed by atoms with Crippen molar-refractivity contribution in [3.05, 3.63) is 0 Å². The third kappa shape index (κ3) is 6.59. The van der Waals surface area contributed by atoms with Gasteiger partial charge in [0.2, 0.25) is 0 Å². The van der Waals surface area contributed by atoms with Gasteiger partial charge in [-0.15, -0.1) is 0 Å². The van der Waals surface area contributed by atoms with Gasteiger partial charge < -0.3 is 5.73 Å². The molecule has 0 saturated carbocycles. The van der Waals surface area contributed by atoms with Gasteiger partial charge >= 0.3 is 0 Å². The van der Waals surface area contributed by atoms with Crippen LogP contribution in [-0.2, 0) is 0 Å². The zero-order valence-corrected chi connectivity index (χ0v) is 10.5. The molecule has 1 heterocycles. The van der Waals surface area contributed by atoms with E-state index >= 15 is 0 Å². The number of hydrogen-bond donors (Lipinski definition) is 1. The lowest BCUT2D eigenvalue weighted by atomic mass is 10.1. The third-order valence-corrected chi connectivity index (χ3v) is 2.91. The number of rotatable bonds is 0. The van der Waals surface area contributed by atoms with Crippen molar-refractivity contribution in [3.63, 3.8) is 0 Å². The molecule has 0 unspecified atom stereocenters. The van der Waals surface area contributed by atoms with Gasteiger partial charge in [-0.2, -0.15) is 0 Å². The molecule has 1 aliphatic rings. The first-order valence-electron chi connectivity index (χ1n) is 6.63. The van der Waals surface area contributed by atoms with Gasteiger partial charge in [0.1, 0.15) is 5.84 Å². The van der Waals surface area contributed by atoms with Crippen LogP contribution in [-0.4, -0.2) is 18.2 Å². The summed E-state index contributed by atoms with van der Waals surface area (Å²) in [5.41, 5.74) is 5.61. The molecule has 0 aromatic heterocycles. The number of hydrogen-bond acceptors (Lipinski definition) is 2. The molecule has 0 bridgehead atoms. The topological polar surface area (TPSA) is 50.7 Å². The van der Waals surface area contributed by atoms with Crippen molar-refractivity contribution in [2.45, 2.75) is 64.7 Å². The van der Waals surface area contributed by atoms with E-state index in [9.17, 15) is 0 Å². The van der Waals surface area contributed by atoms with Gasteiger partial charge in [-0.05, 0) is 19.8 Å². The molecular formula is C13H25N3. The van der Waals surface area contributed by atoms with Crippen LogP contribution in [0.5, 0.6) is 0 Å². The molecule has 0 saturated heterocycles. The molecule has 0 fully saturated rings. The number of amidine groups is 2. The Labute approximate surface area is 99.2 Å². The number of aliphatic imine (C=N–C) groups is 2. The van der Waals surface area contributed by atoms with Crippen LogP contribution < -0.4 is 5.73 Å². The Bertz CT molecular complexity index is 240. The average Bonchev–Trinajstić information content (AvgIpc) is 2.21. The second-order valence-electron chi connectivity index (χ2n) is 4.63. The smallest absolute Gasteiger partial charge is 0.125 e. The summed E-state index contributed by atoms with van der Waals surface area (Å²) >= 11 is 0. The van der Waals surface area contributed by atoms with E-state index in [1.54, 1.807) is 0 Å². The summed E-state index contributed by atoms with van der Waals surface area (Å²) < 4.78 is 0. The van der Waals surface area contributed by atoms with Crippen molar-refractivity contribution in [1.29, 1.82) is 0 Å². The predicted molar refractivity (Wildman–Crippen MR) is 71.2 cm³/mol. The van der Waals surface area contributed by atoms with Gasteiger partial charge in [-0.1, -0.05) is 38.5 Å². The van der Waals surface area contributed by atoms with Crippen molar-refractivity contribution in [1.82, 2.24) is 0 Å². The van der Waals surface area contributed by atoms with Crippen LogP contribution in [0.4, 0.5) is 0 Å². The fraction of sp³-hybridized carbons (Fsp3) is 0.846. The minimum Gasteiger partial charge on any atom is -0.387 e. The quantitative estimate of drug-likeness (QED) is 0.497. The van der Waals surface area contributed by atoms with Crippen LogP contribution >= 0.6 is 0 Å². The zero-order valence-electron chi connectivity index (χ0n) is 10.5. The van der Waals surface area contributed by atoms with E-state index in [2.05, 4.69) is 9.98 Å². The zero-order chi connectivity index (χ0) is 11.6. The summed E-state index contributed by atoms with van der Waals surface area (Å²) in [5.74, 6) is 1.59. The van der Waals surface area contributed by atoms with Crippen molar-refractivity contribution >= 4 is 11.7 Å². The normalized spacial score (nSPS) is 21.8. The van der Waals surface area contributed by atoms with Crippen LogP contribution in [0.15, 0.2) is 9.98 Å². The Morgan fingerprint density at radius 2 is 1.56 bits per heavy atom. The van der Waals surface area contributed by atoms with Gasteiger partial charge in [0.05, 0.1) is 5.84 Å². The van der Waals surface area contributed by atoms with Gasteiger partial charge in [0.25, 0.3) is 0 Å². The van der Waals surface area contributed by atoms with E-state index in [1.165, 1.54) is 51.4 Å². The van der Waals surface area contributed by atoms with Crippen molar-refractivity contribution in [2.75, 3.05) is 6.54 Å². The molecule has 1 aliphatic heterocycles. The van der Waals surface area contributed by atoms with E-state index in [0.29, 0.717) is 5.84 Å². The van der Waals surface area contributed by atoms with Crippen LogP contribution in [0.25, 0.3) is 0 Å². The second kappa shape index (κ2) is 8.31. The van der Waals surface area contributed by atoms with Crippen LogP contribution in [0.3, 0.4) is 0 Å². The maximum atomic E-state index is 5.61. The number of nitrogens with two attached hydrogens (primary N) is 1. The standard InChI is InChI=1S/C13H25N3/c1-12(14)16-13-10-8-6-4-2-3-5-7-9-11-15-13/h2-11H2,1H3,(H2,14,15,16). The summed E-state index contributed by atoms with van der Waals surface area (Å²) in [5, 5.41) is 0. The fourth-order valence-electron chi connectivity index (χ4n) is 2.04. The van der Waals surface area contributed by atoms with E-state index in [4.69, 9.17) is 5.73 Å². The first kappa shape index (κ1) is 13.2. The molecule has 3 nitrogen and oxygen atoms in total. The molecule has 92 valence electrons. The molecule has 0 atom stereocenters. The van der Waals surface area contributed by atoms with E-state index in [-0.39, 0.29) is 0 Å². The number of nitrogens with zero attached hydrogens (tertiary/aromatic N) is 2. The van der Waals surface area contributed by atoms with Crippen molar-refractivity contribution in [3.8, 4) is 0 Å². The highest BCUT2D eigenvalue weighted by atomic mass is 15.0. The van der Waals surface area contributed by atoms with Gasteiger partial charge in [-0.25, -0.2) is 4.99 Å². The van der Waals surface area contributed by atoms with E-state index in [0.717, 1.165) is 18.8 Å². The monoisotopic (exact) mass is 223 g/mol. The molecular weight excluding hydrogens is 198 g/mol. The van der Waals surface area contributed by atoms with Gasteiger partial charge in [-0.3, -0.25) is 4.99 Å². The van der Waals surface area contributed by atoms with Crippen LogP contribution in [0, 0.1) is 0 Å². The Morgan fingerprint density at radius 1 is 1.00 bits per heavy atom. The lowest BCUT2D eigenvalue weighted by Gasteiger charge is -2.06. The van der Waals surface area contributed by atoms with Gasteiger partial charge in [0.15, 0.2) is 0 Å². The first-order chi connectivity index (χ1) is 7.79. The van der Waals surface area contributed by atoms with Crippen LogP contribution in [0.1, 0.15) is 64.7 Å². The van der Waals surface area contributed by atoms with E-state index < -0.39 is 0 Å². The Kier molecular flexibility index (Phi) is 6.86. The third-order valence-electron chi connectivity index (χ3n) is 2.91. The molecule has 0 aromatic rings. The largest absolute Gasteiger partial charge is 0.387 e. The molecule has 0 amide bonds. The summed E-state index contributed by atoms with van der Waals surface area (Å²) in [4.78, 5) is 8.86. The predicted octanol–water partition coefficient (Wildman–Crippen LogP) is 3.29. The molecule has 0 radical (unpaired) electrons. The SMILES string of the molecule is CC(N)=NC1=NCCCCCCCCCC1. The Balaban J connectivity index is 2.46. The molecule has 0 spiro atoms. The Morgan fingerprint density at radius 3 is 2.19 bits per heavy atom. The molecule has 2 N–H and O–H groups in total. The highest BCUT2D eigenvalue weighted by molar-refractivity contribution is 5.95. The Hall–Kier alpha value is -0.860. The molecule has 0 aliphatic carbocycles. The summed E-state index contributed by atoms with van der Waals surface area (Å²) in [6, 6.07) is 0. The summed E-state index contributed by atoms with van der Waals surface area (Å²) in [7, 11) is 0.